The Morgan fingerprint density at radius 2 is 2.07 bits per heavy atom. The van der Waals surface area contributed by atoms with Gasteiger partial charge in [0.25, 0.3) is 5.91 Å². The number of nitrogens with zero attached hydrogens (tertiary/aromatic N) is 3. The van der Waals surface area contributed by atoms with Gasteiger partial charge in [-0.2, -0.15) is 5.10 Å². The highest BCUT2D eigenvalue weighted by molar-refractivity contribution is 7.10. The smallest absolute Gasteiger partial charge is 0.255 e. The van der Waals surface area contributed by atoms with E-state index in [1.54, 1.807) is 11.3 Å². The number of hydrogen-bond acceptors (Lipinski definition) is 4. The molecule has 0 radical (unpaired) electrons. The van der Waals surface area contributed by atoms with Gasteiger partial charge in [-0.05, 0) is 25.0 Å². The number of carbonyl (C=O) groups is 1. The van der Waals surface area contributed by atoms with Crippen LogP contribution in [0.25, 0.3) is 11.1 Å². The van der Waals surface area contributed by atoms with Crippen molar-refractivity contribution in [3.05, 3.63) is 63.6 Å². The molecule has 0 bridgehead atoms. The average Bonchev–Trinajstić information content (AvgIpc) is 3.30. The van der Waals surface area contributed by atoms with Crippen LogP contribution in [-0.2, 0) is 13.1 Å². The summed E-state index contributed by atoms with van der Waals surface area (Å²) in [6.07, 6.45) is 0.0877. The molecule has 0 aliphatic carbocycles. The molecule has 140 valence electrons. The lowest BCUT2D eigenvalue weighted by atomic mass is 10.0. The summed E-state index contributed by atoms with van der Waals surface area (Å²) < 4.78 is 1.91. The Labute approximate surface area is 162 Å². The van der Waals surface area contributed by atoms with E-state index >= 15 is 0 Å². The molecular weight excluding hydrogens is 358 g/mol. The second-order valence-electron chi connectivity index (χ2n) is 6.88. The van der Waals surface area contributed by atoms with Crippen LogP contribution in [0.1, 0.15) is 46.1 Å². The number of carbonyl (C=O) groups excluding carboxylic acids is 1. The van der Waals surface area contributed by atoms with Crippen LogP contribution in [0.4, 0.5) is 0 Å². The molecule has 0 fully saturated rings. The minimum atomic E-state index is -0.545. The minimum absolute atomic E-state index is 0.0586. The zero-order valence-electron chi connectivity index (χ0n) is 15.6. The van der Waals surface area contributed by atoms with Crippen molar-refractivity contribution in [3.63, 3.8) is 0 Å². The molecule has 27 heavy (non-hydrogen) atoms. The summed E-state index contributed by atoms with van der Waals surface area (Å²) in [5, 5.41) is 16.5. The fourth-order valence-corrected chi connectivity index (χ4v) is 4.44. The zero-order chi connectivity index (χ0) is 19.0. The van der Waals surface area contributed by atoms with E-state index in [1.807, 2.05) is 46.2 Å². The van der Waals surface area contributed by atoms with E-state index in [9.17, 15) is 9.90 Å². The van der Waals surface area contributed by atoms with Crippen molar-refractivity contribution in [1.82, 2.24) is 14.7 Å². The molecule has 1 N–H and O–H groups in total. The third kappa shape index (κ3) is 3.31. The van der Waals surface area contributed by atoms with Crippen LogP contribution in [0.3, 0.4) is 0 Å². The van der Waals surface area contributed by atoms with Gasteiger partial charge in [0.1, 0.15) is 0 Å². The monoisotopic (exact) mass is 381 g/mol. The molecule has 1 atom stereocenters. The lowest BCUT2D eigenvalue weighted by Gasteiger charge is -2.28. The molecule has 1 aromatic carbocycles. The summed E-state index contributed by atoms with van der Waals surface area (Å²) in [7, 11) is 0. The first kappa shape index (κ1) is 17.9. The summed E-state index contributed by atoms with van der Waals surface area (Å²) in [6.45, 7) is 5.79. The first-order chi connectivity index (χ1) is 13.1. The summed E-state index contributed by atoms with van der Waals surface area (Å²) in [5.74, 6) is 0.0586. The van der Waals surface area contributed by atoms with Crippen molar-refractivity contribution in [2.75, 3.05) is 6.54 Å². The van der Waals surface area contributed by atoms with E-state index in [4.69, 9.17) is 0 Å². The maximum atomic E-state index is 13.3. The van der Waals surface area contributed by atoms with Gasteiger partial charge in [-0.15, -0.1) is 11.3 Å². The first-order valence-corrected chi connectivity index (χ1v) is 10.1. The number of fused-ring (bicyclic) bond motifs is 1. The number of rotatable bonds is 4. The van der Waals surface area contributed by atoms with Gasteiger partial charge < -0.3 is 10.0 Å². The van der Waals surface area contributed by atoms with E-state index in [0.717, 1.165) is 27.3 Å². The molecule has 6 heteroatoms. The maximum Gasteiger partial charge on any atom is 0.255 e. The normalized spacial score (nSPS) is 14.9. The summed E-state index contributed by atoms with van der Waals surface area (Å²) in [4.78, 5) is 16.3. The lowest BCUT2D eigenvalue weighted by molar-refractivity contribution is 0.0707. The fourth-order valence-electron chi connectivity index (χ4n) is 3.58. The minimum Gasteiger partial charge on any atom is -0.387 e. The SMILES string of the molecule is CC[C@@H](O)c1cc2n(n1)CCN(C(=O)c1csc(C)c1-c1ccccc1)C2. The molecule has 0 saturated carbocycles. The van der Waals surface area contributed by atoms with Crippen LogP contribution in [-0.4, -0.2) is 32.2 Å². The Balaban J connectivity index is 1.61. The quantitative estimate of drug-likeness (QED) is 0.743. The number of hydrogen-bond donors (Lipinski definition) is 1. The largest absolute Gasteiger partial charge is 0.387 e. The third-order valence-corrected chi connectivity index (χ3v) is 6.01. The number of benzene rings is 1. The molecule has 5 nitrogen and oxygen atoms in total. The number of amides is 1. The molecular formula is C21H23N3O2S. The Morgan fingerprint density at radius 3 is 2.81 bits per heavy atom. The molecule has 0 saturated heterocycles. The number of aryl methyl sites for hydroxylation is 1. The highest BCUT2D eigenvalue weighted by atomic mass is 32.1. The number of aliphatic hydroxyl groups is 1. The van der Waals surface area contributed by atoms with Crippen LogP contribution in [0.15, 0.2) is 41.8 Å². The van der Waals surface area contributed by atoms with Crippen LogP contribution in [0.2, 0.25) is 0 Å². The van der Waals surface area contributed by atoms with Crippen LogP contribution < -0.4 is 0 Å². The van der Waals surface area contributed by atoms with E-state index in [1.165, 1.54) is 0 Å². The third-order valence-electron chi connectivity index (χ3n) is 5.10. The molecule has 2 aromatic heterocycles. The highest BCUT2D eigenvalue weighted by Crippen LogP contribution is 2.33. The van der Waals surface area contributed by atoms with Crippen LogP contribution in [0, 0.1) is 6.92 Å². The Hall–Kier alpha value is -2.44. The second-order valence-corrected chi connectivity index (χ2v) is 7.96. The van der Waals surface area contributed by atoms with Gasteiger partial charge >= 0.3 is 0 Å². The molecule has 4 rings (SSSR count). The molecule has 0 unspecified atom stereocenters. The van der Waals surface area contributed by atoms with Crippen molar-refractivity contribution in [3.8, 4) is 11.1 Å². The number of aliphatic hydroxyl groups excluding tert-OH is 1. The fraction of sp³-hybridized carbons (Fsp3) is 0.333. The van der Waals surface area contributed by atoms with Gasteiger partial charge in [0.2, 0.25) is 0 Å². The van der Waals surface area contributed by atoms with E-state index in [2.05, 4.69) is 24.2 Å². The Bertz CT molecular complexity index is 961. The van der Waals surface area contributed by atoms with Crippen molar-refractivity contribution in [2.24, 2.45) is 0 Å². The Kier molecular flexibility index (Phi) is 4.85. The van der Waals surface area contributed by atoms with Crippen molar-refractivity contribution < 1.29 is 9.90 Å². The standard InChI is InChI=1S/C21H23N3O2S/c1-3-19(25)18-11-16-12-23(9-10-24(16)22-18)21(26)17-13-27-14(2)20(17)15-7-5-4-6-8-15/h4-8,11,13,19,25H,3,9-10,12H2,1-2H3/t19-/m1/s1. The van der Waals surface area contributed by atoms with Crippen LogP contribution >= 0.6 is 11.3 Å². The van der Waals surface area contributed by atoms with Crippen molar-refractivity contribution >= 4 is 17.2 Å². The van der Waals surface area contributed by atoms with Gasteiger partial charge in [0, 0.05) is 22.4 Å². The molecule has 1 amide bonds. The number of aromatic nitrogens is 2. The molecule has 0 spiro atoms. The second kappa shape index (κ2) is 7.29. The average molecular weight is 382 g/mol. The van der Waals surface area contributed by atoms with Crippen LogP contribution in [0.5, 0.6) is 0 Å². The van der Waals surface area contributed by atoms with E-state index < -0.39 is 6.10 Å². The molecule has 1 aliphatic heterocycles. The van der Waals surface area contributed by atoms with Gasteiger partial charge in [-0.1, -0.05) is 37.3 Å². The molecule has 1 aliphatic rings. The van der Waals surface area contributed by atoms with E-state index in [-0.39, 0.29) is 5.91 Å². The van der Waals surface area contributed by atoms with Crippen molar-refractivity contribution in [2.45, 2.75) is 39.5 Å². The number of thiophene rings is 1. The Morgan fingerprint density at radius 1 is 1.30 bits per heavy atom. The highest BCUT2D eigenvalue weighted by Gasteiger charge is 2.27. The van der Waals surface area contributed by atoms with Gasteiger partial charge in [-0.3, -0.25) is 9.48 Å². The van der Waals surface area contributed by atoms with Gasteiger partial charge in [0.15, 0.2) is 0 Å². The summed E-state index contributed by atoms with van der Waals surface area (Å²) >= 11 is 1.62. The van der Waals surface area contributed by atoms with E-state index in [0.29, 0.717) is 31.7 Å². The van der Waals surface area contributed by atoms with Crippen molar-refractivity contribution in [1.29, 1.82) is 0 Å². The first-order valence-electron chi connectivity index (χ1n) is 9.26. The predicted octanol–water partition coefficient (Wildman–Crippen LogP) is 4.02. The summed E-state index contributed by atoms with van der Waals surface area (Å²) in [6, 6.07) is 12.0. The zero-order valence-corrected chi connectivity index (χ0v) is 16.4. The maximum absolute atomic E-state index is 13.3. The topological polar surface area (TPSA) is 58.4 Å². The summed E-state index contributed by atoms with van der Waals surface area (Å²) in [5.41, 5.74) is 4.55. The predicted molar refractivity (Wildman–Crippen MR) is 107 cm³/mol. The van der Waals surface area contributed by atoms with Gasteiger partial charge in [-0.25, -0.2) is 0 Å². The van der Waals surface area contributed by atoms with Gasteiger partial charge in [0.05, 0.1) is 36.1 Å². The molecule has 3 heterocycles. The molecule has 3 aromatic rings. The lowest BCUT2D eigenvalue weighted by Crippen LogP contribution is -2.38.